The molecule has 0 nitrogen and oxygen atoms in total. The van der Waals surface area contributed by atoms with E-state index in [-0.39, 0.29) is 0 Å². The van der Waals surface area contributed by atoms with E-state index in [0.717, 1.165) is 4.91 Å². The van der Waals surface area contributed by atoms with Gasteiger partial charge in [-0.1, -0.05) is 0 Å². The van der Waals surface area contributed by atoms with Crippen LogP contribution in [0.25, 0.3) is 0 Å². The molecule has 0 spiro atoms. The van der Waals surface area contributed by atoms with Crippen molar-refractivity contribution in [1.82, 2.24) is 0 Å². The first-order valence-electron chi connectivity index (χ1n) is 5.03. The molecule has 0 saturated carbocycles. The van der Waals surface area contributed by atoms with Crippen LogP contribution >= 0.6 is 11.8 Å². The zero-order chi connectivity index (χ0) is 11.5. The standard InChI is InChI=1S/C10H9S.3CH3.Sn/c1-3-9(2)11-10-7-5-4-6-8-10;;;;/h4-8H,1-2H2;3*1H3;. The topological polar surface area (TPSA) is 0 Å². The quantitative estimate of drug-likeness (QED) is 0.438. The fourth-order valence-electron chi connectivity index (χ4n) is 1.11. The van der Waals surface area contributed by atoms with Crippen LogP contribution in [0, 0.1) is 0 Å². The Morgan fingerprint density at radius 2 is 1.60 bits per heavy atom. The Kier molecular flexibility index (Phi) is 4.53. The van der Waals surface area contributed by atoms with E-state index in [4.69, 9.17) is 0 Å². The summed E-state index contributed by atoms with van der Waals surface area (Å²) in [7, 11) is 0. The Balaban J connectivity index is 2.69. The molecule has 2 heteroatoms. The van der Waals surface area contributed by atoms with Crippen molar-refractivity contribution < 1.29 is 0 Å². The molecular formula is C13H18SSn. The van der Waals surface area contributed by atoms with Crippen LogP contribution in [0.1, 0.15) is 0 Å². The van der Waals surface area contributed by atoms with Gasteiger partial charge in [-0.3, -0.25) is 0 Å². The maximum absolute atomic E-state index is 4.20. The number of allylic oxidation sites excluding steroid dienone is 1. The van der Waals surface area contributed by atoms with Gasteiger partial charge in [0.05, 0.1) is 0 Å². The summed E-state index contributed by atoms with van der Waals surface area (Å²) in [6.45, 7) is 8.33. The SMILES string of the molecule is C=C(Sc1ccccc1)[C](=C)[Sn]([CH3])([CH3])[CH3]. The molecule has 0 N–H and O–H groups in total. The minimum absolute atomic E-state index is 1.14. The van der Waals surface area contributed by atoms with E-state index in [0.29, 0.717) is 0 Å². The molecule has 0 unspecified atom stereocenters. The van der Waals surface area contributed by atoms with Crippen molar-refractivity contribution in [1.29, 1.82) is 0 Å². The van der Waals surface area contributed by atoms with Gasteiger partial charge >= 0.3 is 102 Å². The van der Waals surface area contributed by atoms with Crippen molar-refractivity contribution in [2.24, 2.45) is 0 Å². The van der Waals surface area contributed by atoms with Crippen molar-refractivity contribution in [3.63, 3.8) is 0 Å². The van der Waals surface area contributed by atoms with Crippen LogP contribution in [0.5, 0.6) is 0 Å². The van der Waals surface area contributed by atoms with Gasteiger partial charge in [0, 0.05) is 0 Å². The number of benzene rings is 1. The summed E-state index contributed by atoms with van der Waals surface area (Å²) in [5, 5.41) is 0. The Bertz CT molecular complexity index is 360. The van der Waals surface area contributed by atoms with Crippen molar-refractivity contribution >= 4 is 30.1 Å². The van der Waals surface area contributed by atoms with Gasteiger partial charge in [-0.25, -0.2) is 0 Å². The van der Waals surface area contributed by atoms with E-state index in [1.807, 2.05) is 6.07 Å². The second-order valence-electron chi connectivity index (χ2n) is 4.57. The van der Waals surface area contributed by atoms with Gasteiger partial charge < -0.3 is 0 Å². The third-order valence-electron chi connectivity index (χ3n) is 2.23. The van der Waals surface area contributed by atoms with Crippen molar-refractivity contribution in [3.8, 4) is 0 Å². The van der Waals surface area contributed by atoms with Gasteiger partial charge in [0.15, 0.2) is 0 Å². The zero-order valence-electron chi connectivity index (χ0n) is 9.71. The fraction of sp³-hybridized carbons (Fsp3) is 0.231. The summed E-state index contributed by atoms with van der Waals surface area (Å²) in [4.78, 5) is 9.50. The maximum atomic E-state index is 4.20. The second-order valence-corrected chi connectivity index (χ2v) is 20.3. The summed E-state index contributed by atoms with van der Waals surface area (Å²) < 4.78 is 1.32. The molecule has 0 atom stereocenters. The molecule has 0 radical (unpaired) electrons. The third kappa shape index (κ3) is 4.07. The summed E-state index contributed by atoms with van der Waals surface area (Å²) in [5.41, 5.74) is 0. The van der Waals surface area contributed by atoms with E-state index in [1.165, 1.54) is 8.48 Å². The molecule has 0 aliphatic rings. The van der Waals surface area contributed by atoms with Gasteiger partial charge in [-0.15, -0.1) is 0 Å². The van der Waals surface area contributed by atoms with E-state index < -0.39 is 18.4 Å². The average Bonchev–Trinajstić information content (AvgIpc) is 2.16. The average molecular weight is 325 g/mol. The molecule has 0 aliphatic carbocycles. The second kappa shape index (κ2) is 5.26. The number of thioether (sulfide) groups is 1. The predicted octanol–water partition coefficient (Wildman–Crippen LogP) is 4.73. The molecule has 0 amide bonds. The Hall–Kier alpha value is -0.151. The molecule has 0 bridgehead atoms. The predicted molar refractivity (Wildman–Crippen MR) is 73.9 cm³/mol. The van der Waals surface area contributed by atoms with Crippen molar-refractivity contribution in [3.05, 3.63) is 52.0 Å². The van der Waals surface area contributed by atoms with E-state index in [9.17, 15) is 0 Å². The zero-order valence-corrected chi connectivity index (χ0v) is 13.4. The van der Waals surface area contributed by atoms with Gasteiger partial charge in [0.2, 0.25) is 0 Å². The van der Waals surface area contributed by atoms with E-state index >= 15 is 0 Å². The van der Waals surface area contributed by atoms with Gasteiger partial charge in [0.25, 0.3) is 0 Å². The van der Waals surface area contributed by atoms with Crippen LogP contribution in [0.4, 0.5) is 0 Å². The Labute approximate surface area is 101 Å². The van der Waals surface area contributed by atoms with Crippen LogP contribution in [-0.2, 0) is 0 Å². The van der Waals surface area contributed by atoms with Crippen LogP contribution < -0.4 is 0 Å². The summed E-state index contributed by atoms with van der Waals surface area (Å²) in [5.74, 6) is 0. The van der Waals surface area contributed by atoms with Crippen molar-refractivity contribution in [2.45, 2.75) is 19.7 Å². The Morgan fingerprint density at radius 1 is 1.07 bits per heavy atom. The van der Waals surface area contributed by atoms with Crippen LogP contribution in [0.2, 0.25) is 14.8 Å². The third-order valence-corrected chi connectivity index (χ3v) is 9.77. The normalized spacial score (nSPS) is 11.1. The molecule has 0 aromatic heterocycles. The van der Waals surface area contributed by atoms with E-state index in [2.05, 4.69) is 52.2 Å². The first kappa shape index (κ1) is 12.9. The number of hydrogen-bond donors (Lipinski definition) is 0. The minimum atomic E-state index is -2.00. The molecule has 0 fully saturated rings. The molecule has 80 valence electrons. The summed E-state index contributed by atoms with van der Waals surface area (Å²) in [6, 6.07) is 10.4. The fourth-order valence-corrected chi connectivity index (χ4v) is 6.69. The van der Waals surface area contributed by atoms with Crippen LogP contribution in [0.15, 0.2) is 56.9 Å². The van der Waals surface area contributed by atoms with Crippen LogP contribution in [-0.4, -0.2) is 18.4 Å². The molecule has 0 heterocycles. The number of rotatable bonds is 4. The summed E-state index contributed by atoms with van der Waals surface area (Å²) in [6.07, 6.45) is 0. The summed E-state index contributed by atoms with van der Waals surface area (Å²) >= 11 is -0.266. The number of hydrogen-bond acceptors (Lipinski definition) is 1. The Morgan fingerprint density at radius 3 is 2.07 bits per heavy atom. The van der Waals surface area contributed by atoms with Gasteiger partial charge in [0.1, 0.15) is 0 Å². The molecule has 1 aromatic rings. The van der Waals surface area contributed by atoms with Gasteiger partial charge in [-0.2, -0.15) is 0 Å². The van der Waals surface area contributed by atoms with Gasteiger partial charge in [-0.05, 0) is 0 Å². The molecular weight excluding hydrogens is 307 g/mol. The van der Waals surface area contributed by atoms with Crippen LogP contribution in [0.3, 0.4) is 0 Å². The van der Waals surface area contributed by atoms with E-state index in [1.54, 1.807) is 11.8 Å². The molecule has 1 rings (SSSR count). The monoisotopic (exact) mass is 326 g/mol. The van der Waals surface area contributed by atoms with Crippen molar-refractivity contribution in [2.75, 3.05) is 0 Å². The molecule has 0 aliphatic heterocycles. The molecule has 1 aromatic carbocycles. The first-order valence-corrected chi connectivity index (χ1v) is 15.8. The molecule has 0 saturated heterocycles. The first-order chi connectivity index (χ1) is 6.91. The molecule has 15 heavy (non-hydrogen) atoms.